The molecule has 2 N–H and O–H groups in total. The Labute approximate surface area is 132 Å². The minimum atomic E-state index is -0.415. The summed E-state index contributed by atoms with van der Waals surface area (Å²) < 4.78 is 5.50. The number of carbonyl (C=O) groups excluding carboxylic acids is 1. The molecule has 1 atom stereocenters. The Morgan fingerprint density at radius 3 is 2.73 bits per heavy atom. The van der Waals surface area contributed by atoms with E-state index in [1.807, 2.05) is 18.2 Å². The van der Waals surface area contributed by atoms with E-state index in [2.05, 4.69) is 22.8 Å². The normalized spacial score (nSPS) is 24.6. The molecule has 4 nitrogen and oxygen atoms in total. The topological polar surface area (TPSA) is 50.4 Å². The van der Waals surface area contributed by atoms with Crippen molar-refractivity contribution in [2.75, 3.05) is 32.8 Å². The van der Waals surface area contributed by atoms with E-state index in [0.29, 0.717) is 19.1 Å². The first-order valence-corrected chi connectivity index (χ1v) is 8.43. The van der Waals surface area contributed by atoms with Crippen molar-refractivity contribution in [3.05, 3.63) is 35.9 Å². The molecule has 0 radical (unpaired) electrons. The van der Waals surface area contributed by atoms with E-state index in [1.54, 1.807) is 0 Å². The van der Waals surface area contributed by atoms with Gasteiger partial charge in [-0.05, 0) is 50.3 Å². The lowest BCUT2D eigenvalue weighted by Crippen LogP contribution is -2.50. The Bertz CT molecular complexity index is 477. The van der Waals surface area contributed by atoms with Crippen LogP contribution in [-0.4, -0.2) is 38.8 Å². The van der Waals surface area contributed by atoms with Crippen molar-refractivity contribution in [2.45, 2.75) is 31.1 Å². The molecule has 2 heterocycles. The van der Waals surface area contributed by atoms with Crippen molar-refractivity contribution < 1.29 is 9.53 Å². The first kappa shape index (κ1) is 15.5. The fourth-order valence-electron chi connectivity index (χ4n) is 3.63. The fourth-order valence-corrected chi connectivity index (χ4v) is 3.63. The molecule has 4 heteroatoms. The van der Waals surface area contributed by atoms with Gasteiger partial charge in [-0.3, -0.25) is 4.79 Å². The van der Waals surface area contributed by atoms with E-state index in [0.717, 1.165) is 38.0 Å². The van der Waals surface area contributed by atoms with Gasteiger partial charge in [-0.25, -0.2) is 0 Å². The van der Waals surface area contributed by atoms with Gasteiger partial charge in [0.15, 0.2) is 0 Å². The second-order valence-electron chi connectivity index (χ2n) is 6.48. The number of nitrogens with one attached hydrogen (secondary N) is 2. The van der Waals surface area contributed by atoms with Gasteiger partial charge in [0.25, 0.3) is 0 Å². The van der Waals surface area contributed by atoms with Crippen LogP contribution in [-0.2, 0) is 14.9 Å². The Morgan fingerprint density at radius 2 is 2.05 bits per heavy atom. The second-order valence-corrected chi connectivity index (χ2v) is 6.48. The number of carbonyl (C=O) groups is 1. The van der Waals surface area contributed by atoms with Crippen LogP contribution in [0, 0.1) is 5.92 Å². The summed E-state index contributed by atoms with van der Waals surface area (Å²) in [5.41, 5.74) is 0.708. The lowest BCUT2D eigenvalue weighted by Gasteiger charge is -2.37. The van der Waals surface area contributed by atoms with Gasteiger partial charge in [0, 0.05) is 19.8 Å². The molecule has 1 unspecified atom stereocenters. The van der Waals surface area contributed by atoms with E-state index in [9.17, 15) is 4.79 Å². The summed E-state index contributed by atoms with van der Waals surface area (Å²) >= 11 is 0. The number of hydrogen-bond donors (Lipinski definition) is 2. The van der Waals surface area contributed by atoms with E-state index in [4.69, 9.17) is 4.74 Å². The molecule has 1 aromatic carbocycles. The summed E-state index contributed by atoms with van der Waals surface area (Å²) in [6.45, 7) is 4.22. The fraction of sp³-hybridized carbons (Fsp3) is 0.611. The van der Waals surface area contributed by atoms with Crippen molar-refractivity contribution in [3.8, 4) is 0 Å². The van der Waals surface area contributed by atoms with Gasteiger partial charge < -0.3 is 15.4 Å². The molecular formula is C18H26N2O2. The average Bonchev–Trinajstić information content (AvgIpc) is 2.62. The zero-order valence-electron chi connectivity index (χ0n) is 13.1. The van der Waals surface area contributed by atoms with E-state index in [-0.39, 0.29) is 5.91 Å². The van der Waals surface area contributed by atoms with E-state index in [1.165, 1.54) is 12.8 Å². The minimum Gasteiger partial charge on any atom is -0.381 e. The number of rotatable bonds is 4. The molecule has 0 aromatic heterocycles. The zero-order valence-corrected chi connectivity index (χ0v) is 13.1. The third kappa shape index (κ3) is 3.33. The molecule has 1 amide bonds. The van der Waals surface area contributed by atoms with Crippen molar-refractivity contribution in [3.63, 3.8) is 0 Å². The number of amides is 1. The summed E-state index contributed by atoms with van der Waals surface area (Å²) in [5, 5.41) is 6.63. The lowest BCUT2D eigenvalue weighted by molar-refractivity contribution is -0.130. The highest BCUT2D eigenvalue weighted by Gasteiger charge is 2.41. The summed E-state index contributed by atoms with van der Waals surface area (Å²) in [5.74, 6) is 0.734. The monoisotopic (exact) mass is 302 g/mol. The predicted octanol–water partition coefficient (Wildman–Crippen LogP) is 1.85. The van der Waals surface area contributed by atoms with Gasteiger partial charge in [-0.2, -0.15) is 0 Å². The number of benzene rings is 1. The number of hydrogen-bond acceptors (Lipinski definition) is 3. The standard InChI is InChI=1S/C18H26N2O2/c21-17(20-14-15-5-4-10-19-13-15)18(8-11-22-12-9-18)16-6-2-1-3-7-16/h1-3,6-7,15,19H,4-5,8-14H2,(H,20,21). The van der Waals surface area contributed by atoms with Crippen LogP contribution in [0.4, 0.5) is 0 Å². The Balaban J connectivity index is 1.70. The SMILES string of the molecule is O=C(NCC1CCCNC1)C1(c2ccccc2)CCOCC1. The molecule has 3 rings (SSSR count). The largest absolute Gasteiger partial charge is 0.381 e. The predicted molar refractivity (Wildman–Crippen MR) is 86.8 cm³/mol. The third-order valence-electron chi connectivity index (χ3n) is 5.06. The van der Waals surface area contributed by atoms with Crippen LogP contribution in [0.25, 0.3) is 0 Å². The Hall–Kier alpha value is -1.39. The molecule has 2 fully saturated rings. The van der Waals surface area contributed by atoms with Gasteiger partial charge in [0.1, 0.15) is 0 Å². The first-order valence-electron chi connectivity index (χ1n) is 8.43. The van der Waals surface area contributed by atoms with Crippen molar-refractivity contribution in [1.29, 1.82) is 0 Å². The lowest BCUT2D eigenvalue weighted by atomic mass is 9.73. The maximum Gasteiger partial charge on any atom is 0.230 e. The van der Waals surface area contributed by atoms with Gasteiger partial charge in [-0.15, -0.1) is 0 Å². The highest BCUT2D eigenvalue weighted by atomic mass is 16.5. The van der Waals surface area contributed by atoms with Gasteiger partial charge in [0.2, 0.25) is 5.91 Å². The van der Waals surface area contributed by atoms with Crippen LogP contribution in [0.15, 0.2) is 30.3 Å². The maximum absolute atomic E-state index is 13.0. The number of piperidine rings is 1. The minimum absolute atomic E-state index is 0.174. The molecule has 120 valence electrons. The van der Waals surface area contributed by atoms with E-state index >= 15 is 0 Å². The molecule has 0 saturated carbocycles. The van der Waals surface area contributed by atoms with Crippen molar-refractivity contribution in [1.82, 2.24) is 10.6 Å². The summed E-state index contributed by atoms with van der Waals surface area (Å²) in [7, 11) is 0. The van der Waals surface area contributed by atoms with Gasteiger partial charge in [0.05, 0.1) is 5.41 Å². The molecular weight excluding hydrogens is 276 g/mol. The molecule has 2 saturated heterocycles. The van der Waals surface area contributed by atoms with Crippen molar-refractivity contribution in [2.24, 2.45) is 5.92 Å². The highest BCUT2D eigenvalue weighted by molar-refractivity contribution is 5.88. The maximum atomic E-state index is 13.0. The quantitative estimate of drug-likeness (QED) is 0.892. The van der Waals surface area contributed by atoms with Crippen LogP contribution in [0.2, 0.25) is 0 Å². The van der Waals surface area contributed by atoms with Crippen LogP contribution < -0.4 is 10.6 Å². The smallest absolute Gasteiger partial charge is 0.230 e. The van der Waals surface area contributed by atoms with Crippen molar-refractivity contribution >= 4 is 5.91 Å². The van der Waals surface area contributed by atoms with Gasteiger partial charge >= 0.3 is 0 Å². The summed E-state index contributed by atoms with van der Waals surface area (Å²) in [6, 6.07) is 10.2. The van der Waals surface area contributed by atoms with Crippen LogP contribution >= 0.6 is 0 Å². The van der Waals surface area contributed by atoms with Crippen LogP contribution in [0.1, 0.15) is 31.2 Å². The van der Waals surface area contributed by atoms with E-state index < -0.39 is 5.41 Å². The second kappa shape index (κ2) is 7.25. The first-order chi connectivity index (χ1) is 10.8. The molecule has 0 spiro atoms. The average molecular weight is 302 g/mol. The van der Waals surface area contributed by atoms with Gasteiger partial charge in [-0.1, -0.05) is 30.3 Å². The molecule has 2 aliphatic rings. The molecule has 0 bridgehead atoms. The Kier molecular flexibility index (Phi) is 5.11. The van der Waals surface area contributed by atoms with Crippen LogP contribution in [0.5, 0.6) is 0 Å². The number of ether oxygens (including phenoxy) is 1. The molecule has 22 heavy (non-hydrogen) atoms. The highest BCUT2D eigenvalue weighted by Crippen LogP contribution is 2.35. The molecule has 2 aliphatic heterocycles. The zero-order chi connectivity index (χ0) is 15.3. The summed E-state index contributed by atoms with van der Waals surface area (Å²) in [6.07, 6.45) is 3.95. The third-order valence-corrected chi connectivity index (χ3v) is 5.06. The Morgan fingerprint density at radius 1 is 1.27 bits per heavy atom. The molecule has 0 aliphatic carbocycles. The molecule has 1 aromatic rings. The van der Waals surface area contributed by atoms with Crippen LogP contribution in [0.3, 0.4) is 0 Å². The summed E-state index contributed by atoms with van der Waals surface area (Å²) in [4.78, 5) is 13.0.